The zero-order chi connectivity index (χ0) is 11.4. The summed E-state index contributed by atoms with van der Waals surface area (Å²) in [6, 6.07) is 4.28. The Kier molecular flexibility index (Phi) is 3.96. The van der Waals surface area contributed by atoms with Crippen molar-refractivity contribution in [1.82, 2.24) is 0 Å². The quantitative estimate of drug-likeness (QED) is 0.723. The van der Waals surface area contributed by atoms with Gasteiger partial charge in [0.2, 0.25) is 0 Å². The van der Waals surface area contributed by atoms with E-state index in [1.54, 1.807) is 7.11 Å². The molecular weight excluding hydrogens is 184 g/mol. The summed E-state index contributed by atoms with van der Waals surface area (Å²) >= 11 is 0. The van der Waals surface area contributed by atoms with Gasteiger partial charge >= 0.3 is 0 Å². The molecule has 0 fully saturated rings. The number of hydrogen-bond acceptors (Lipinski definition) is 1. The Bertz CT molecular complexity index is 362. The summed E-state index contributed by atoms with van der Waals surface area (Å²) < 4.78 is 5.34. The molecule has 0 aliphatic heterocycles. The van der Waals surface area contributed by atoms with Crippen LogP contribution in [0.5, 0.6) is 5.75 Å². The molecule has 0 amide bonds. The zero-order valence-corrected chi connectivity index (χ0v) is 10.3. The van der Waals surface area contributed by atoms with Crippen molar-refractivity contribution >= 4 is 6.08 Å². The molecule has 1 aromatic rings. The van der Waals surface area contributed by atoms with Crippen molar-refractivity contribution < 1.29 is 4.74 Å². The molecule has 0 bridgehead atoms. The summed E-state index contributed by atoms with van der Waals surface area (Å²) in [5.74, 6) is 1.55. The number of ether oxygens (including phenoxy) is 1. The summed E-state index contributed by atoms with van der Waals surface area (Å²) in [5, 5.41) is 0. The molecule has 0 saturated carbocycles. The highest BCUT2D eigenvalue weighted by atomic mass is 16.5. The van der Waals surface area contributed by atoms with E-state index in [1.807, 2.05) is 0 Å². The Morgan fingerprint density at radius 2 is 1.87 bits per heavy atom. The summed E-state index contributed by atoms with van der Waals surface area (Å²) in [6.45, 7) is 8.55. The summed E-state index contributed by atoms with van der Waals surface area (Å²) in [6.07, 6.45) is 4.35. The molecule has 0 atom stereocenters. The van der Waals surface area contributed by atoms with Gasteiger partial charge in [-0.15, -0.1) is 0 Å². The molecule has 0 unspecified atom stereocenters. The van der Waals surface area contributed by atoms with E-state index in [4.69, 9.17) is 4.74 Å². The molecule has 1 aromatic carbocycles. The van der Waals surface area contributed by atoms with Crippen LogP contribution in [-0.4, -0.2) is 7.11 Å². The fourth-order valence-corrected chi connectivity index (χ4v) is 1.47. The first-order valence-corrected chi connectivity index (χ1v) is 5.38. The average molecular weight is 204 g/mol. The third kappa shape index (κ3) is 3.12. The van der Waals surface area contributed by atoms with E-state index in [1.165, 1.54) is 16.7 Å². The van der Waals surface area contributed by atoms with Crippen LogP contribution in [-0.2, 0) is 0 Å². The van der Waals surface area contributed by atoms with Gasteiger partial charge in [0, 0.05) is 0 Å². The van der Waals surface area contributed by atoms with E-state index in [2.05, 4.69) is 52.0 Å². The van der Waals surface area contributed by atoms with Gasteiger partial charge in [0.1, 0.15) is 5.75 Å². The third-order valence-corrected chi connectivity index (χ3v) is 2.54. The molecule has 1 nitrogen and oxygen atoms in total. The van der Waals surface area contributed by atoms with Gasteiger partial charge in [-0.3, -0.25) is 0 Å². The van der Waals surface area contributed by atoms with Crippen LogP contribution < -0.4 is 4.74 Å². The van der Waals surface area contributed by atoms with Gasteiger partial charge in [0.15, 0.2) is 0 Å². The van der Waals surface area contributed by atoms with Crippen LogP contribution in [0.1, 0.15) is 30.5 Å². The molecule has 0 heterocycles. The molecule has 82 valence electrons. The first-order valence-electron chi connectivity index (χ1n) is 5.38. The standard InChI is InChI=1S/C14H20O/c1-10(2)6-7-13-8-11(3)12(4)14(9-13)15-5/h6-10H,1-5H3/b7-6+. The monoisotopic (exact) mass is 204 g/mol. The molecule has 1 heteroatoms. The van der Waals surface area contributed by atoms with Gasteiger partial charge in [0.05, 0.1) is 7.11 Å². The molecule has 0 aliphatic carbocycles. The second-order valence-electron chi connectivity index (χ2n) is 4.27. The Balaban J connectivity index is 3.06. The fraction of sp³-hybridized carbons (Fsp3) is 0.429. The van der Waals surface area contributed by atoms with E-state index in [0.29, 0.717) is 5.92 Å². The summed E-state index contributed by atoms with van der Waals surface area (Å²) in [4.78, 5) is 0. The van der Waals surface area contributed by atoms with Gasteiger partial charge in [-0.25, -0.2) is 0 Å². The number of benzene rings is 1. The highest BCUT2D eigenvalue weighted by Gasteiger charge is 2.02. The zero-order valence-electron chi connectivity index (χ0n) is 10.3. The summed E-state index contributed by atoms with van der Waals surface area (Å²) in [7, 11) is 1.72. The fourth-order valence-electron chi connectivity index (χ4n) is 1.47. The van der Waals surface area contributed by atoms with Gasteiger partial charge in [-0.2, -0.15) is 0 Å². The Morgan fingerprint density at radius 3 is 2.40 bits per heavy atom. The van der Waals surface area contributed by atoms with Crippen molar-refractivity contribution in [1.29, 1.82) is 0 Å². The predicted molar refractivity (Wildman–Crippen MR) is 66.3 cm³/mol. The van der Waals surface area contributed by atoms with Crippen LogP contribution in [0.25, 0.3) is 6.08 Å². The third-order valence-electron chi connectivity index (χ3n) is 2.54. The van der Waals surface area contributed by atoms with Crippen molar-refractivity contribution in [2.24, 2.45) is 5.92 Å². The van der Waals surface area contributed by atoms with Crippen LogP contribution in [0.4, 0.5) is 0 Å². The maximum Gasteiger partial charge on any atom is 0.122 e. The highest BCUT2D eigenvalue weighted by Crippen LogP contribution is 2.24. The van der Waals surface area contributed by atoms with Crippen molar-refractivity contribution in [2.45, 2.75) is 27.7 Å². The molecule has 0 saturated heterocycles. The van der Waals surface area contributed by atoms with Gasteiger partial charge in [-0.05, 0) is 42.5 Å². The minimum atomic E-state index is 0.581. The van der Waals surface area contributed by atoms with Crippen molar-refractivity contribution in [2.75, 3.05) is 7.11 Å². The van der Waals surface area contributed by atoms with Crippen LogP contribution in [0.15, 0.2) is 18.2 Å². The molecule has 0 radical (unpaired) electrons. The number of hydrogen-bond donors (Lipinski definition) is 0. The molecular formula is C14H20O. The van der Waals surface area contributed by atoms with Crippen LogP contribution >= 0.6 is 0 Å². The second kappa shape index (κ2) is 5.01. The van der Waals surface area contributed by atoms with E-state index >= 15 is 0 Å². The maximum absolute atomic E-state index is 5.34. The Labute approximate surface area is 92.8 Å². The van der Waals surface area contributed by atoms with E-state index in [0.717, 1.165) is 5.75 Å². The van der Waals surface area contributed by atoms with Crippen LogP contribution in [0.2, 0.25) is 0 Å². The lowest BCUT2D eigenvalue weighted by Gasteiger charge is -2.09. The van der Waals surface area contributed by atoms with E-state index in [-0.39, 0.29) is 0 Å². The molecule has 0 spiro atoms. The maximum atomic E-state index is 5.34. The molecule has 0 aromatic heterocycles. The number of methoxy groups -OCH3 is 1. The van der Waals surface area contributed by atoms with Crippen LogP contribution in [0, 0.1) is 19.8 Å². The minimum Gasteiger partial charge on any atom is -0.496 e. The SMILES string of the molecule is COc1cc(/C=C/C(C)C)cc(C)c1C. The van der Waals surface area contributed by atoms with E-state index < -0.39 is 0 Å². The van der Waals surface area contributed by atoms with Gasteiger partial charge in [-0.1, -0.05) is 32.1 Å². The van der Waals surface area contributed by atoms with Crippen molar-refractivity contribution in [3.05, 3.63) is 34.9 Å². The minimum absolute atomic E-state index is 0.581. The molecule has 1 rings (SSSR count). The lowest BCUT2D eigenvalue weighted by Crippen LogP contribution is -1.91. The molecule has 0 aliphatic rings. The predicted octanol–water partition coefficient (Wildman–Crippen LogP) is 3.98. The van der Waals surface area contributed by atoms with E-state index in [9.17, 15) is 0 Å². The Morgan fingerprint density at radius 1 is 1.20 bits per heavy atom. The molecule has 15 heavy (non-hydrogen) atoms. The number of allylic oxidation sites excluding steroid dienone is 1. The average Bonchev–Trinajstić information content (AvgIpc) is 2.19. The molecule has 0 N–H and O–H groups in total. The second-order valence-corrected chi connectivity index (χ2v) is 4.27. The first-order chi connectivity index (χ1) is 7.04. The Hall–Kier alpha value is -1.24. The highest BCUT2D eigenvalue weighted by molar-refractivity contribution is 5.56. The smallest absolute Gasteiger partial charge is 0.122 e. The van der Waals surface area contributed by atoms with Gasteiger partial charge in [0.25, 0.3) is 0 Å². The number of rotatable bonds is 3. The van der Waals surface area contributed by atoms with Gasteiger partial charge < -0.3 is 4.74 Å². The number of aryl methyl sites for hydroxylation is 1. The topological polar surface area (TPSA) is 9.23 Å². The van der Waals surface area contributed by atoms with Crippen molar-refractivity contribution in [3.8, 4) is 5.75 Å². The lowest BCUT2D eigenvalue weighted by atomic mass is 10.0. The lowest BCUT2D eigenvalue weighted by molar-refractivity contribution is 0.411. The first kappa shape index (κ1) is 11.8. The van der Waals surface area contributed by atoms with Crippen molar-refractivity contribution in [3.63, 3.8) is 0 Å². The summed E-state index contributed by atoms with van der Waals surface area (Å²) in [5.41, 5.74) is 3.71. The normalized spacial score (nSPS) is 11.3. The largest absolute Gasteiger partial charge is 0.496 e. The van der Waals surface area contributed by atoms with Crippen LogP contribution in [0.3, 0.4) is 0 Å².